The lowest BCUT2D eigenvalue weighted by Gasteiger charge is -2.14. The minimum Gasteiger partial charge on any atom is -0.378 e. The van der Waals surface area contributed by atoms with E-state index in [4.69, 9.17) is 4.74 Å². The molecule has 1 aliphatic rings. The summed E-state index contributed by atoms with van der Waals surface area (Å²) < 4.78 is 28.7. The Hall–Kier alpha value is -0.710. The van der Waals surface area contributed by atoms with E-state index < -0.39 is 12.3 Å². The second-order valence-electron chi connectivity index (χ2n) is 3.17. The number of carbonyl (C=O) groups is 1. The Bertz CT molecular complexity index is 187. The molecule has 1 aliphatic heterocycles. The van der Waals surface area contributed by atoms with Gasteiger partial charge >= 0.3 is 6.43 Å². The molecule has 0 aromatic heterocycles. The molecule has 1 amide bonds. The Kier molecular flexibility index (Phi) is 3.59. The summed E-state index contributed by atoms with van der Waals surface area (Å²) in [6.45, 7) is 2.81. The van der Waals surface area contributed by atoms with Gasteiger partial charge in [-0.25, -0.2) is 0 Å². The Morgan fingerprint density at radius 3 is 2.85 bits per heavy atom. The summed E-state index contributed by atoms with van der Waals surface area (Å²) in [4.78, 5) is 10.5. The third-order valence-electron chi connectivity index (χ3n) is 2.27. The largest absolute Gasteiger partial charge is 0.378 e. The van der Waals surface area contributed by atoms with Crippen molar-refractivity contribution in [1.82, 2.24) is 5.32 Å². The predicted molar refractivity (Wildman–Crippen MR) is 42.5 cm³/mol. The smallest absolute Gasteiger partial charge is 0.315 e. The van der Waals surface area contributed by atoms with Gasteiger partial charge in [0.2, 0.25) is 0 Å². The zero-order valence-corrected chi connectivity index (χ0v) is 7.43. The Labute approximate surface area is 75.4 Å². The van der Waals surface area contributed by atoms with Gasteiger partial charge < -0.3 is 10.1 Å². The molecule has 13 heavy (non-hydrogen) atoms. The number of hydrogen-bond acceptors (Lipinski definition) is 2. The average Bonchev–Trinajstić information content (AvgIpc) is 2.47. The van der Waals surface area contributed by atoms with E-state index in [2.05, 4.69) is 5.32 Å². The highest BCUT2D eigenvalue weighted by atomic mass is 19.3. The molecule has 2 unspecified atom stereocenters. The molecule has 0 spiro atoms. The third kappa shape index (κ3) is 2.91. The van der Waals surface area contributed by atoms with Crippen LogP contribution in [0.15, 0.2) is 0 Å². The fraction of sp³-hybridized carbons (Fsp3) is 0.875. The first kappa shape index (κ1) is 10.4. The van der Waals surface area contributed by atoms with Crippen LogP contribution in [0.3, 0.4) is 0 Å². The number of hydrogen-bond donors (Lipinski definition) is 1. The molecule has 0 saturated carbocycles. The van der Waals surface area contributed by atoms with Gasteiger partial charge in [0, 0.05) is 19.1 Å². The van der Waals surface area contributed by atoms with Gasteiger partial charge in [-0.05, 0) is 13.3 Å². The van der Waals surface area contributed by atoms with E-state index in [1.807, 2.05) is 6.92 Å². The molecule has 2 atom stereocenters. The molecule has 1 saturated heterocycles. The van der Waals surface area contributed by atoms with Crippen LogP contribution in [-0.4, -0.2) is 31.6 Å². The summed E-state index contributed by atoms with van der Waals surface area (Å²) in [5.41, 5.74) is 0. The quantitative estimate of drug-likeness (QED) is 0.719. The molecule has 1 N–H and O–H groups in total. The minimum absolute atomic E-state index is 0.0537. The lowest BCUT2D eigenvalue weighted by molar-refractivity contribution is -0.131. The number of rotatable bonds is 3. The number of alkyl halides is 2. The summed E-state index contributed by atoms with van der Waals surface area (Å²) in [6, 6.07) is 0. The van der Waals surface area contributed by atoms with E-state index in [9.17, 15) is 13.6 Å². The van der Waals surface area contributed by atoms with Crippen LogP contribution in [0.2, 0.25) is 0 Å². The van der Waals surface area contributed by atoms with E-state index in [1.54, 1.807) is 0 Å². The number of halogens is 2. The number of carbonyl (C=O) groups excluding carboxylic acids is 1. The van der Waals surface area contributed by atoms with E-state index >= 15 is 0 Å². The maximum absolute atomic E-state index is 11.8. The van der Waals surface area contributed by atoms with Gasteiger partial charge in [0.25, 0.3) is 5.91 Å². The van der Waals surface area contributed by atoms with Crippen LogP contribution >= 0.6 is 0 Å². The Morgan fingerprint density at radius 2 is 2.38 bits per heavy atom. The molecule has 5 heteroatoms. The maximum Gasteiger partial charge on any atom is 0.315 e. The summed E-state index contributed by atoms with van der Waals surface area (Å²) >= 11 is 0. The van der Waals surface area contributed by atoms with Crippen molar-refractivity contribution in [2.45, 2.75) is 25.9 Å². The second-order valence-corrected chi connectivity index (χ2v) is 3.17. The molecule has 76 valence electrons. The van der Waals surface area contributed by atoms with Crippen molar-refractivity contribution >= 4 is 5.91 Å². The van der Waals surface area contributed by atoms with Crippen LogP contribution in [0.5, 0.6) is 0 Å². The van der Waals surface area contributed by atoms with Crippen LogP contribution < -0.4 is 5.32 Å². The fourth-order valence-electron chi connectivity index (χ4n) is 1.35. The SMILES string of the molecule is CC1OCCC1CNC(=O)C(F)F. The molecule has 1 fully saturated rings. The highest BCUT2D eigenvalue weighted by Crippen LogP contribution is 2.19. The normalized spacial score (nSPS) is 28.0. The molecule has 0 aromatic carbocycles. The molecule has 1 heterocycles. The molecule has 0 aromatic rings. The summed E-state index contributed by atoms with van der Waals surface area (Å²) in [7, 11) is 0. The first-order valence-corrected chi connectivity index (χ1v) is 4.28. The maximum atomic E-state index is 11.8. The van der Waals surface area contributed by atoms with Gasteiger partial charge in [-0.3, -0.25) is 4.79 Å². The lowest BCUT2D eigenvalue weighted by Crippen LogP contribution is -2.35. The van der Waals surface area contributed by atoms with Gasteiger partial charge in [-0.15, -0.1) is 0 Å². The van der Waals surface area contributed by atoms with Crippen LogP contribution in [-0.2, 0) is 9.53 Å². The molecular weight excluding hydrogens is 180 g/mol. The van der Waals surface area contributed by atoms with Crippen molar-refractivity contribution in [3.63, 3.8) is 0 Å². The van der Waals surface area contributed by atoms with Gasteiger partial charge in [0.05, 0.1) is 6.10 Å². The molecule has 0 aliphatic carbocycles. The molecular formula is C8H13F2NO2. The summed E-state index contributed by atoms with van der Waals surface area (Å²) in [6.07, 6.45) is -2.04. The first-order chi connectivity index (χ1) is 6.11. The van der Waals surface area contributed by atoms with Crippen molar-refractivity contribution in [2.24, 2.45) is 5.92 Å². The van der Waals surface area contributed by atoms with Gasteiger partial charge in [0.1, 0.15) is 0 Å². The van der Waals surface area contributed by atoms with Gasteiger partial charge in [-0.1, -0.05) is 0 Å². The monoisotopic (exact) mass is 193 g/mol. The Morgan fingerprint density at radius 1 is 1.69 bits per heavy atom. The number of nitrogens with one attached hydrogen (secondary N) is 1. The highest BCUT2D eigenvalue weighted by molar-refractivity contribution is 5.79. The van der Waals surface area contributed by atoms with Crippen LogP contribution in [0.4, 0.5) is 8.78 Å². The predicted octanol–water partition coefficient (Wildman–Crippen LogP) is 0.793. The Balaban J connectivity index is 2.22. The zero-order chi connectivity index (χ0) is 9.84. The van der Waals surface area contributed by atoms with Crippen molar-refractivity contribution in [2.75, 3.05) is 13.2 Å². The van der Waals surface area contributed by atoms with Gasteiger partial charge in [0.15, 0.2) is 0 Å². The lowest BCUT2D eigenvalue weighted by atomic mass is 10.0. The fourth-order valence-corrected chi connectivity index (χ4v) is 1.35. The zero-order valence-electron chi connectivity index (χ0n) is 7.43. The topological polar surface area (TPSA) is 38.3 Å². The molecule has 3 nitrogen and oxygen atoms in total. The average molecular weight is 193 g/mol. The minimum atomic E-state index is -2.92. The molecule has 0 radical (unpaired) electrons. The number of amides is 1. The second kappa shape index (κ2) is 4.50. The van der Waals surface area contributed by atoms with E-state index in [1.165, 1.54) is 0 Å². The summed E-state index contributed by atoms with van der Waals surface area (Å²) in [5.74, 6) is -1.03. The van der Waals surface area contributed by atoms with Crippen LogP contribution in [0.25, 0.3) is 0 Å². The van der Waals surface area contributed by atoms with Crippen molar-refractivity contribution < 1.29 is 18.3 Å². The van der Waals surface area contributed by atoms with E-state index in [0.29, 0.717) is 6.61 Å². The first-order valence-electron chi connectivity index (χ1n) is 4.28. The van der Waals surface area contributed by atoms with Crippen LogP contribution in [0, 0.1) is 5.92 Å². The molecule has 1 rings (SSSR count). The standard InChI is InChI=1S/C8H13F2NO2/c1-5-6(2-3-13-5)4-11-8(12)7(9)10/h5-7H,2-4H2,1H3,(H,11,12). The number of ether oxygens (including phenoxy) is 1. The van der Waals surface area contributed by atoms with Crippen molar-refractivity contribution in [1.29, 1.82) is 0 Å². The van der Waals surface area contributed by atoms with Gasteiger partial charge in [-0.2, -0.15) is 8.78 Å². The van der Waals surface area contributed by atoms with Crippen molar-refractivity contribution in [3.05, 3.63) is 0 Å². The third-order valence-corrected chi connectivity index (χ3v) is 2.27. The molecule has 0 bridgehead atoms. The highest BCUT2D eigenvalue weighted by Gasteiger charge is 2.25. The van der Waals surface area contributed by atoms with E-state index in [0.717, 1.165) is 6.42 Å². The summed E-state index contributed by atoms with van der Waals surface area (Å²) in [5, 5.41) is 2.19. The van der Waals surface area contributed by atoms with E-state index in [-0.39, 0.29) is 18.6 Å². The van der Waals surface area contributed by atoms with Crippen LogP contribution in [0.1, 0.15) is 13.3 Å². The van der Waals surface area contributed by atoms with Crippen molar-refractivity contribution in [3.8, 4) is 0 Å².